The third-order valence-electron chi connectivity index (χ3n) is 6.97. The van der Waals surface area contributed by atoms with Gasteiger partial charge in [-0.3, -0.25) is 9.36 Å². The van der Waals surface area contributed by atoms with E-state index < -0.39 is 10.0 Å². The number of thioether (sulfide) groups is 1. The fraction of sp³-hybridized carbons (Fsp3) is 0.300. The average molecular weight is 645 g/mol. The zero-order chi connectivity index (χ0) is 30.1. The summed E-state index contributed by atoms with van der Waals surface area (Å²) in [5.74, 6) is 0.239. The summed E-state index contributed by atoms with van der Waals surface area (Å²) in [7, 11) is -3.60. The number of hydrogen-bond acceptors (Lipinski definition) is 6. The van der Waals surface area contributed by atoms with Crippen molar-refractivity contribution < 1.29 is 13.2 Å². The van der Waals surface area contributed by atoms with Gasteiger partial charge < -0.3 is 5.32 Å². The maximum Gasteiger partial charge on any atom is 0.243 e. The Hall–Kier alpha value is -2.89. The summed E-state index contributed by atoms with van der Waals surface area (Å²) in [6, 6.07) is 19.7. The van der Waals surface area contributed by atoms with Gasteiger partial charge in [0.15, 0.2) is 11.0 Å². The highest BCUT2D eigenvalue weighted by Gasteiger charge is 2.27. The first-order valence-corrected chi connectivity index (χ1v) is 16.7. The minimum Gasteiger partial charge on any atom is -0.325 e. The molecule has 1 N–H and O–H groups in total. The maximum atomic E-state index is 13.0. The normalized spacial score (nSPS) is 14.3. The van der Waals surface area contributed by atoms with Crippen molar-refractivity contribution in [3.05, 3.63) is 82.3 Å². The van der Waals surface area contributed by atoms with E-state index in [4.69, 9.17) is 23.2 Å². The van der Waals surface area contributed by atoms with Gasteiger partial charge in [-0.15, -0.1) is 10.2 Å². The van der Waals surface area contributed by atoms with Crippen molar-refractivity contribution in [1.29, 1.82) is 0 Å². The second-order valence-corrected chi connectivity index (χ2v) is 14.7. The smallest absolute Gasteiger partial charge is 0.243 e. The van der Waals surface area contributed by atoms with Crippen LogP contribution >= 0.6 is 35.0 Å². The molecule has 12 heteroatoms. The van der Waals surface area contributed by atoms with Crippen LogP contribution < -0.4 is 5.32 Å². The summed E-state index contributed by atoms with van der Waals surface area (Å²) < 4.78 is 29.2. The molecule has 0 atom stereocenters. The fourth-order valence-corrected chi connectivity index (χ4v) is 7.38. The Bertz CT molecular complexity index is 1710. The molecule has 1 aromatic heterocycles. The lowest BCUT2D eigenvalue weighted by atomic mass is 9.87. The fourth-order valence-electron chi connectivity index (χ4n) is 4.69. The zero-order valence-corrected chi connectivity index (χ0v) is 26.6. The van der Waals surface area contributed by atoms with Crippen LogP contribution in [0.25, 0.3) is 17.1 Å². The zero-order valence-electron chi connectivity index (χ0n) is 23.5. The lowest BCUT2D eigenvalue weighted by Gasteiger charge is -2.19. The number of sulfonamides is 1. The van der Waals surface area contributed by atoms with E-state index >= 15 is 0 Å². The Balaban J connectivity index is 1.39. The molecular formula is C30H31Cl2N5O3S2. The van der Waals surface area contributed by atoms with Crippen molar-refractivity contribution in [2.75, 3.05) is 24.2 Å². The molecule has 2 heterocycles. The monoisotopic (exact) mass is 643 g/mol. The van der Waals surface area contributed by atoms with Crippen LogP contribution in [0.3, 0.4) is 0 Å². The lowest BCUT2D eigenvalue weighted by Crippen LogP contribution is -2.28. The molecule has 0 aliphatic carbocycles. The second-order valence-electron chi connectivity index (χ2n) is 11.0. The topological polar surface area (TPSA) is 97.2 Å². The third-order valence-corrected chi connectivity index (χ3v) is 10.6. The predicted octanol–water partition coefficient (Wildman–Crippen LogP) is 7.05. The van der Waals surface area contributed by atoms with E-state index in [1.54, 1.807) is 34.9 Å². The summed E-state index contributed by atoms with van der Waals surface area (Å²) in [5, 5.41) is 12.8. The molecule has 1 aliphatic rings. The van der Waals surface area contributed by atoms with Gasteiger partial charge in [-0.25, -0.2) is 8.42 Å². The number of halogens is 2. The highest BCUT2D eigenvalue weighted by molar-refractivity contribution is 7.99. The van der Waals surface area contributed by atoms with Gasteiger partial charge in [-0.1, -0.05) is 92.1 Å². The number of nitrogens with zero attached hydrogens (tertiary/aromatic N) is 4. The molecule has 1 amide bonds. The molecule has 0 saturated carbocycles. The number of carbonyl (C=O) groups excluding carboxylic acids is 1. The van der Waals surface area contributed by atoms with E-state index in [1.807, 2.05) is 18.2 Å². The maximum absolute atomic E-state index is 13.0. The molecule has 4 aromatic rings. The summed E-state index contributed by atoms with van der Waals surface area (Å²) in [6.07, 6.45) is 1.70. The molecule has 220 valence electrons. The van der Waals surface area contributed by atoms with Gasteiger partial charge in [0.25, 0.3) is 0 Å². The number of nitrogens with one attached hydrogen (secondary N) is 1. The first kappa shape index (κ1) is 30.6. The molecule has 1 saturated heterocycles. The minimum atomic E-state index is -3.60. The molecule has 5 rings (SSSR count). The van der Waals surface area contributed by atoms with Gasteiger partial charge in [0, 0.05) is 24.3 Å². The summed E-state index contributed by atoms with van der Waals surface area (Å²) >= 11 is 14.2. The van der Waals surface area contributed by atoms with Crippen LogP contribution in [0, 0.1) is 0 Å². The molecule has 8 nitrogen and oxygen atoms in total. The molecule has 3 aromatic carbocycles. The van der Waals surface area contributed by atoms with Gasteiger partial charge in [-0.2, -0.15) is 4.31 Å². The van der Waals surface area contributed by atoms with Crippen LogP contribution in [0.15, 0.2) is 76.8 Å². The predicted molar refractivity (Wildman–Crippen MR) is 169 cm³/mol. The number of hydrogen-bond donors (Lipinski definition) is 1. The Kier molecular flexibility index (Phi) is 9.01. The van der Waals surface area contributed by atoms with E-state index in [1.165, 1.54) is 27.7 Å². The number of aromatic nitrogens is 3. The second kappa shape index (κ2) is 12.4. The van der Waals surface area contributed by atoms with Gasteiger partial charge in [-0.05, 0) is 54.2 Å². The molecule has 0 spiro atoms. The van der Waals surface area contributed by atoms with Crippen molar-refractivity contribution in [1.82, 2.24) is 19.1 Å². The number of amides is 1. The van der Waals surface area contributed by atoms with Crippen molar-refractivity contribution in [3.8, 4) is 17.1 Å². The Morgan fingerprint density at radius 1 is 0.976 bits per heavy atom. The highest BCUT2D eigenvalue weighted by Crippen LogP contribution is 2.35. The molecule has 0 bridgehead atoms. The van der Waals surface area contributed by atoms with Crippen LogP contribution in [0.4, 0.5) is 5.69 Å². The first-order valence-electron chi connectivity index (χ1n) is 13.5. The van der Waals surface area contributed by atoms with Gasteiger partial charge in [0.2, 0.25) is 15.9 Å². The van der Waals surface area contributed by atoms with E-state index in [-0.39, 0.29) is 22.0 Å². The van der Waals surface area contributed by atoms with E-state index in [0.29, 0.717) is 45.5 Å². The molecule has 1 fully saturated rings. The standard InChI is InChI=1S/C30H31Cl2N5O3S2/c1-30(2,3)21-14-12-20(13-15-21)28-34-35-29(37(28)25-11-7-10-24(31)27(25)32)41-19-26(38)33-22-8-6-9-23(18-22)42(39,40)36-16-4-5-17-36/h6-15,18H,4-5,16-17,19H2,1-3H3,(H,33,38). The lowest BCUT2D eigenvalue weighted by molar-refractivity contribution is -0.113. The van der Waals surface area contributed by atoms with Gasteiger partial charge >= 0.3 is 0 Å². The van der Waals surface area contributed by atoms with Crippen LogP contribution in [0.1, 0.15) is 39.2 Å². The van der Waals surface area contributed by atoms with Crippen molar-refractivity contribution in [2.24, 2.45) is 0 Å². The molecule has 0 radical (unpaired) electrons. The molecule has 42 heavy (non-hydrogen) atoms. The number of carbonyl (C=O) groups is 1. The van der Waals surface area contributed by atoms with Gasteiger partial charge in [0.05, 0.1) is 26.4 Å². The minimum absolute atomic E-state index is 0.00236. The number of benzene rings is 3. The molecule has 0 unspecified atom stereocenters. The Morgan fingerprint density at radius 3 is 2.36 bits per heavy atom. The third kappa shape index (κ3) is 6.53. The van der Waals surface area contributed by atoms with Crippen molar-refractivity contribution >= 4 is 56.6 Å². The van der Waals surface area contributed by atoms with Crippen molar-refractivity contribution in [3.63, 3.8) is 0 Å². The Morgan fingerprint density at radius 2 is 1.67 bits per heavy atom. The summed E-state index contributed by atoms with van der Waals surface area (Å²) in [6.45, 7) is 7.47. The summed E-state index contributed by atoms with van der Waals surface area (Å²) in [4.78, 5) is 13.1. The van der Waals surface area contributed by atoms with Crippen molar-refractivity contribution in [2.45, 2.75) is 49.1 Å². The van der Waals surface area contributed by atoms with Gasteiger partial charge in [0.1, 0.15) is 0 Å². The highest BCUT2D eigenvalue weighted by atomic mass is 35.5. The van der Waals surface area contributed by atoms with Crippen LogP contribution in [-0.2, 0) is 20.2 Å². The first-order chi connectivity index (χ1) is 19.9. The number of anilines is 1. The Labute approximate surface area is 260 Å². The van der Waals surface area contributed by atoms with Crippen LogP contribution in [0.2, 0.25) is 10.0 Å². The molecular weight excluding hydrogens is 613 g/mol. The van der Waals surface area contributed by atoms with E-state index in [0.717, 1.165) is 18.4 Å². The van der Waals surface area contributed by atoms with E-state index in [9.17, 15) is 13.2 Å². The molecule has 1 aliphatic heterocycles. The summed E-state index contributed by atoms with van der Waals surface area (Å²) in [5.41, 5.74) is 3.00. The van der Waals surface area contributed by atoms with E-state index in [2.05, 4.69) is 48.4 Å². The largest absolute Gasteiger partial charge is 0.325 e. The average Bonchev–Trinajstić information content (AvgIpc) is 3.65. The number of rotatable bonds is 8. The quantitative estimate of drug-likeness (QED) is 0.207. The SMILES string of the molecule is CC(C)(C)c1ccc(-c2nnc(SCC(=O)Nc3cccc(S(=O)(=O)N4CCCC4)c3)n2-c2cccc(Cl)c2Cl)cc1. The van der Waals surface area contributed by atoms with Crippen LogP contribution in [0.5, 0.6) is 0 Å². The van der Waals surface area contributed by atoms with Crippen LogP contribution in [-0.4, -0.2) is 52.2 Å².